The molecule has 1 unspecified atom stereocenters. The first-order valence-electron chi connectivity index (χ1n) is 7.16. The van der Waals surface area contributed by atoms with Crippen molar-refractivity contribution in [2.75, 3.05) is 43.9 Å². The molecule has 1 atom stereocenters. The zero-order valence-corrected chi connectivity index (χ0v) is 12.5. The van der Waals surface area contributed by atoms with E-state index in [1.165, 1.54) is 12.0 Å². The van der Waals surface area contributed by atoms with E-state index in [1.54, 1.807) is 6.33 Å². The van der Waals surface area contributed by atoms with Gasteiger partial charge in [0.25, 0.3) is 0 Å². The molecule has 1 aliphatic rings. The van der Waals surface area contributed by atoms with Crippen LogP contribution in [0.3, 0.4) is 0 Å². The van der Waals surface area contributed by atoms with Crippen molar-refractivity contribution in [3.63, 3.8) is 0 Å². The maximum Gasteiger partial charge on any atom is 0.137 e. The molecule has 1 aromatic heterocycles. The van der Waals surface area contributed by atoms with Crippen molar-refractivity contribution in [3.05, 3.63) is 11.9 Å². The third-order valence-electron chi connectivity index (χ3n) is 3.81. The average Bonchev–Trinajstić information content (AvgIpc) is 2.88. The van der Waals surface area contributed by atoms with Crippen LogP contribution in [-0.2, 0) is 6.42 Å². The third kappa shape index (κ3) is 2.97. The van der Waals surface area contributed by atoms with Gasteiger partial charge in [-0.05, 0) is 33.9 Å². The summed E-state index contributed by atoms with van der Waals surface area (Å²) in [6.07, 6.45) is 3.84. The molecule has 0 aromatic carbocycles. The highest BCUT2D eigenvalue weighted by Gasteiger charge is 2.26. The van der Waals surface area contributed by atoms with Crippen LogP contribution >= 0.6 is 0 Å². The maximum atomic E-state index is 4.52. The third-order valence-corrected chi connectivity index (χ3v) is 3.81. The first-order chi connectivity index (χ1) is 9.17. The lowest BCUT2D eigenvalue weighted by atomic mass is 10.2. The molecule has 5 heteroatoms. The summed E-state index contributed by atoms with van der Waals surface area (Å²) in [4.78, 5) is 13.6. The fourth-order valence-electron chi connectivity index (χ4n) is 2.68. The molecule has 1 aromatic rings. The van der Waals surface area contributed by atoms with Crippen molar-refractivity contribution in [1.82, 2.24) is 14.9 Å². The Kier molecular flexibility index (Phi) is 4.58. The molecule has 0 radical (unpaired) electrons. The number of hydrogen-bond donors (Lipinski definition) is 1. The van der Waals surface area contributed by atoms with Crippen LogP contribution in [0.5, 0.6) is 0 Å². The van der Waals surface area contributed by atoms with Crippen molar-refractivity contribution in [2.24, 2.45) is 0 Å². The summed E-state index contributed by atoms with van der Waals surface area (Å²) >= 11 is 0. The Morgan fingerprint density at radius 1 is 1.37 bits per heavy atom. The van der Waals surface area contributed by atoms with E-state index in [0.29, 0.717) is 6.04 Å². The molecule has 5 nitrogen and oxygen atoms in total. The van der Waals surface area contributed by atoms with Crippen LogP contribution in [0.15, 0.2) is 6.33 Å². The quantitative estimate of drug-likeness (QED) is 0.874. The molecular weight excluding hydrogens is 238 g/mol. The maximum absolute atomic E-state index is 4.52. The van der Waals surface area contributed by atoms with Crippen molar-refractivity contribution in [3.8, 4) is 0 Å². The molecule has 106 valence electrons. The Balaban J connectivity index is 2.23. The van der Waals surface area contributed by atoms with Gasteiger partial charge in [-0.25, -0.2) is 9.97 Å². The summed E-state index contributed by atoms with van der Waals surface area (Å²) in [7, 11) is 4.30. The largest absolute Gasteiger partial charge is 0.370 e. The van der Waals surface area contributed by atoms with E-state index in [-0.39, 0.29) is 0 Å². The van der Waals surface area contributed by atoms with Crippen LogP contribution in [0.4, 0.5) is 11.6 Å². The predicted molar refractivity (Wildman–Crippen MR) is 79.9 cm³/mol. The monoisotopic (exact) mass is 263 g/mol. The predicted octanol–water partition coefficient (Wildman–Crippen LogP) is 1.61. The van der Waals surface area contributed by atoms with E-state index in [9.17, 15) is 0 Å². The standard InChI is InChI=1S/C14H25N5/c1-5-12-13(15-6-2)16-10-17-14(12)19-8-7-11(9-19)18(3)4/h10-11H,5-9H2,1-4H3,(H,15,16,17). The van der Waals surface area contributed by atoms with Gasteiger partial charge >= 0.3 is 0 Å². The minimum absolute atomic E-state index is 0.627. The van der Waals surface area contributed by atoms with Crippen LogP contribution < -0.4 is 10.2 Å². The Labute approximate surface area is 116 Å². The lowest BCUT2D eigenvalue weighted by molar-refractivity contribution is 0.315. The molecular formula is C14H25N5. The minimum atomic E-state index is 0.627. The molecule has 2 heterocycles. The molecule has 19 heavy (non-hydrogen) atoms. The number of aromatic nitrogens is 2. The van der Waals surface area contributed by atoms with E-state index in [1.807, 2.05) is 0 Å². The van der Waals surface area contributed by atoms with E-state index < -0.39 is 0 Å². The fraction of sp³-hybridized carbons (Fsp3) is 0.714. The van der Waals surface area contributed by atoms with Gasteiger partial charge in [0.2, 0.25) is 0 Å². The van der Waals surface area contributed by atoms with Crippen molar-refractivity contribution >= 4 is 11.6 Å². The van der Waals surface area contributed by atoms with Gasteiger partial charge in [0, 0.05) is 31.2 Å². The van der Waals surface area contributed by atoms with Gasteiger partial charge in [0.15, 0.2) is 0 Å². The van der Waals surface area contributed by atoms with E-state index in [4.69, 9.17) is 0 Å². The number of nitrogens with one attached hydrogen (secondary N) is 1. The van der Waals surface area contributed by atoms with E-state index >= 15 is 0 Å². The molecule has 1 N–H and O–H groups in total. The van der Waals surface area contributed by atoms with Crippen LogP contribution in [0, 0.1) is 0 Å². The SMILES string of the molecule is CCNc1ncnc(N2CCC(N(C)C)C2)c1CC. The summed E-state index contributed by atoms with van der Waals surface area (Å²) in [5, 5.41) is 3.34. The van der Waals surface area contributed by atoms with Gasteiger partial charge in [0.1, 0.15) is 18.0 Å². The molecule has 1 saturated heterocycles. The summed E-state index contributed by atoms with van der Waals surface area (Å²) in [5.74, 6) is 2.10. The Hall–Kier alpha value is -1.36. The van der Waals surface area contributed by atoms with Crippen LogP contribution in [0.25, 0.3) is 0 Å². The molecule has 0 spiro atoms. The van der Waals surface area contributed by atoms with Crippen LogP contribution in [-0.4, -0.2) is 54.6 Å². The smallest absolute Gasteiger partial charge is 0.137 e. The molecule has 0 aliphatic carbocycles. The molecule has 0 amide bonds. The average molecular weight is 263 g/mol. The highest BCUT2D eigenvalue weighted by molar-refractivity contribution is 5.59. The molecule has 1 aliphatic heterocycles. The van der Waals surface area contributed by atoms with Gasteiger partial charge in [-0.15, -0.1) is 0 Å². The number of likely N-dealkylation sites (N-methyl/N-ethyl adjacent to an activating group) is 1. The molecule has 2 rings (SSSR count). The molecule has 1 fully saturated rings. The van der Waals surface area contributed by atoms with Gasteiger partial charge < -0.3 is 15.1 Å². The van der Waals surface area contributed by atoms with Crippen LogP contribution in [0.2, 0.25) is 0 Å². The fourth-order valence-corrected chi connectivity index (χ4v) is 2.68. The Morgan fingerprint density at radius 2 is 2.16 bits per heavy atom. The number of rotatable bonds is 5. The molecule has 0 saturated carbocycles. The number of hydrogen-bond acceptors (Lipinski definition) is 5. The van der Waals surface area contributed by atoms with Gasteiger partial charge in [-0.3, -0.25) is 0 Å². The van der Waals surface area contributed by atoms with Crippen molar-refractivity contribution in [2.45, 2.75) is 32.7 Å². The lowest BCUT2D eigenvalue weighted by Gasteiger charge is -2.23. The summed E-state index contributed by atoms with van der Waals surface area (Å²) in [6, 6.07) is 0.627. The van der Waals surface area contributed by atoms with Crippen molar-refractivity contribution < 1.29 is 0 Å². The zero-order chi connectivity index (χ0) is 13.8. The molecule has 0 bridgehead atoms. The van der Waals surface area contributed by atoms with E-state index in [0.717, 1.165) is 37.7 Å². The first kappa shape index (κ1) is 14.1. The highest BCUT2D eigenvalue weighted by Crippen LogP contribution is 2.27. The van der Waals surface area contributed by atoms with E-state index in [2.05, 4.69) is 53.0 Å². The second kappa shape index (κ2) is 6.19. The van der Waals surface area contributed by atoms with Gasteiger partial charge in [-0.2, -0.15) is 0 Å². The summed E-state index contributed by atoms with van der Waals surface area (Å²) < 4.78 is 0. The van der Waals surface area contributed by atoms with Crippen molar-refractivity contribution in [1.29, 1.82) is 0 Å². The van der Waals surface area contributed by atoms with Crippen LogP contribution in [0.1, 0.15) is 25.8 Å². The lowest BCUT2D eigenvalue weighted by Crippen LogP contribution is -2.32. The minimum Gasteiger partial charge on any atom is -0.370 e. The number of nitrogens with zero attached hydrogens (tertiary/aromatic N) is 4. The Bertz CT molecular complexity index is 418. The highest BCUT2D eigenvalue weighted by atomic mass is 15.3. The van der Waals surface area contributed by atoms with Gasteiger partial charge in [0.05, 0.1) is 0 Å². The topological polar surface area (TPSA) is 44.3 Å². The Morgan fingerprint density at radius 3 is 2.74 bits per heavy atom. The first-order valence-corrected chi connectivity index (χ1v) is 7.16. The zero-order valence-electron chi connectivity index (χ0n) is 12.5. The normalized spacial score (nSPS) is 19.2. The summed E-state index contributed by atoms with van der Waals surface area (Å²) in [5.41, 5.74) is 1.24. The number of anilines is 2. The van der Waals surface area contributed by atoms with Gasteiger partial charge in [-0.1, -0.05) is 6.92 Å². The second-order valence-electron chi connectivity index (χ2n) is 5.26. The summed E-state index contributed by atoms with van der Waals surface area (Å²) in [6.45, 7) is 7.30. The second-order valence-corrected chi connectivity index (χ2v) is 5.26.